The molecule has 6 heteroatoms. The van der Waals surface area contributed by atoms with Gasteiger partial charge in [0.25, 0.3) is 0 Å². The van der Waals surface area contributed by atoms with Crippen LogP contribution in [0.1, 0.15) is 17.3 Å². The zero-order valence-electron chi connectivity index (χ0n) is 13.9. The highest BCUT2D eigenvalue weighted by Crippen LogP contribution is 2.24. The highest BCUT2D eigenvalue weighted by atomic mass is 19.1. The van der Waals surface area contributed by atoms with Crippen molar-refractivity contribution in [2.75, 3.05) is 0 Å². The van der Waals surface area contributed by atoms with Crippen molar-refractivity contribution in [3.8, 4) is 5.69 Å². The molecule has 0 saturated carbocycles. The number of hydrogen-bond donors (Lipinski definition) is 1. The molecule has 4 aromatic rings. The Labute approximate surface area is 147 Å². The van der Waals surface area contributed by atoms with Crippen molar-refractivity contribution in [3.63, 3.8) is 0 Å². The Kier molecular flexibility index (Phi) is 3.61. The van der Waals surface area contributed by atoms with Crippen molar-refractivity contribution in [1.82, 2.24) is 9.13 Å². The average molecular weight is 350 g/mol. The second-order valence-corrected chi connectivity index (χ2v) is 6.08. The van der Waals surface area contributed by atoms with E-state index in [1.807, 2.05) is 43.6 Å². The van der Waals surface area contributed by atoms with Crippen LogP contribution in [0, 0.1) is 5.82 Å². The van der Waals surface area contributed by atoms with Crippen LogP contribution in [0.4, 0.5) is 4.39 Å². The lowest BCUT2D eigenvalue weighted by molar-refractivity contribution is 0.0695. The van der Waals surface area contributed by atoms with Crippen molar-refractivity contribution >= 4 is 27.6 Å². The summed E-state index contributed by atoms with van der Waals surface area (Å²) in [6, 6.07) is 10.4. The lowest BCUT2D eigenvalue weighted by Gasteiger charge is -2.13. The third kappa shape index (κ3) is 2.38. The lowest BCUT2D eigenvalue weighted by Crippen LogP contribution is -2.19. The third-order valence-corrected chi connectivity index (χ3v) is 4.55. The molecule has 130 valence electrons. The Balaban J connectivity index is 2.03. The molecule has 4 rings (SSSR count). The first kappa shape index (κ1) is 16.1. The van der Waals surface area contributed by atoms with E-state index >= 15 is 0 Å². The van der Waals surface area contributed by atoms with Gasteiger partial charge in [0.15, 0.2) is 0 Å². The molecule has 0 amide bonds. The summed E-state index contributed by atoms with van der Waals surface area (Å²) < 4.78 is 18.1. The van der Waals surface area contributed by atoms with Crippen LogP contribution in [0.25, 0.3) is 27.4 Å². The number of aromatic nitrogens is 2. The molecule has 0 aliphatic heterocycles. The molecule has 0 bridgehead atoms. The minimum atomic E-state index is -1.32. The van der Waals surface area contributed by atoms with Gasteiger partial charge in [-0.25, -0.2) is 9.18 Å². The number of halogens is 1. The first-order chi connectivity index (χ1) is 12.5. The van der Waals surface area contributed by atoms with Crippen LogP contribution < -0.4 is 5.43 Å². The van der Waals surface area contributed by atoms with E-state index in [0.717, 1.165) is 16.8 Å². The molecule has 0 aliphatic carbocycles. The van der Waals surface area contributed by atoms with Crippen molar-refractivity contribution in [3.05, 3.63) is 76.6 Å². The van der Waals surface area contributed by atoms with Gasteiger partial charge in [0.05, 0.1) is 11.2 Å². The van der Waals surface area contributed by atoms with E-state index in [1.165, 1.54) is 6.20 Å². The number of aryl methyl sites for hydroxylation is 1. The second-order valence-electron chi connectivity index (χ2n) is 6.08. The molecule has 0 unspecified atom stereocenters. The maximum atomic E-state index is 14.8. The molecule has 2 aromatic carbocycles. The topological polar surface area (TPSA) is 64.2 Å². The minimum Gasteiger partial charge on any atom is -0.477 e. The summed E-state index contributed by atoms with van der Waals surface area (Å²) in [5.74, 6) is -1.90. The number of carboxylic acids is 1. The van der Waals surface area contributed by atoms with Gasteiger partial charge in [-0.05, 0) is 29.8 Å². The molecule has 2 heterocycles. The fourth-order valence-corrected chi connectivity index (χ4v) is 3.23. The molecule has 0 radical (unpaired) electrons. The van der Waals surface area contributed by atoms with Crippen molar-refractivity contribution in [2.45, 2.75) is 13.5 Å². The van der Waals surface area contributed by atoms with Crippen molar-refractivity contribution in [2.24, 2.45) is 0 Å². The number of aromatic carboxylic acids is 1. The van der Waals surface area contributed by atoms with E-state index < -0.39 is 17.2 Å². The van der Waals surface area contributed by atoms with E-state index in [4.69, 9.17) is 0 Å². The number of carboxylic acid groups (broad SMARTS) is 1. The molecule has 0 aliphatic rings. The second kappa shape index (κ2) is 5.84. The standard InChI is InChI=1S/C20H15FN2O3/c1-2-22-11-15(20(25)26)19(24)14-7-16(21)18(8-17(14)22)23-9-12-5-3-4-6-13(12)10-23/h3-11H,2H2,1H3,(H,25,26). The number of benzene rings is 2. The number of carbonyl (C=O) groups is 1. The summed E-state index contributed by atoms with van der Waals surface area (Å²) in [6.07, 6.45) is 4.94. The maximum absolute atomic E-state index is 14.8. The molecular formula is C20H15FN2O3. The molecule has 1 N–H and O–H groups in total. The molecular weight excluding hydrogens is 335 g/mol. The molecule has 26 heavy (non-hydrogen) atoms. The van der Waals surface area contributed by atoms with E-state index in [9.17, 15) is 19.1 Å². The quantitative estimate of drug-likeness (QED) is 0.611. The molecule has 5 nitrogen and oxygen atoms in total. The van der Waals surface area contributed by atoms with Crippen LogP contribution in [-0.2, 0) is 6.54 Å². The van der Waals surface area contributed by atoms with Crippen molar-refractivity contribution in [1.29, 1.82) is 0 Å². The summed E-state index contributed by atoms with van der Waals surface area (Å²) in [7, 11) is 0. The molecule has 0 saturated heterocycles. The lowest BCUT2D eigenvalue weighted by atomic mass is 10.1. The first-order valence-electron chi connectivity index (χ1n) is 8.16. The van der Waals surface area contributed by atoms with E-state index in [1.54, 1.807) is 15.2 Å². The van der Waals surface area contributed by atoms with Gasteiger partial charge >= 0.3 is 5.97 Å². The van der Waals surface area contributed by atoms with Gasteiger partial charge < -0.3 is 14.2 Å². The van der Waals surface area contributed by atoms with E-state index in [0.29, 0.717) is 17.7 Å². The number of nitrogens with zero attached hydrogens (tertiary/aromatic N) is 2. The predicted molar refractivity (Wildman–Crippen MR) is 97.6 cm³/mol. The smallest absolute Gasteiger partial charge is 0.341 e. The number of rotatable bonds is 3. The van der Waals surface area contributed by atoms with Crippen LogP contribution in [0.15, 0.2) is 59.8 Å². The zero-order valence-corrected chi connectivity index (χ0v) is 13.9. The van der Waals surface area contributed by atoms with Crippen LogP contribution in [0.5, 0.6) is 0 Å². The summed E-state index contributed by atoms with van der Waals surface area (Å²) in [5, 5.41) is 11.2. The summed E-state index contributed by atoms with van der Waals surface area (Å²) in [6.45, 7) is 2.29. The SMILES string of the molecule is CCn1cc(C(=O)O)c(=O)c2cc(F)c(-n3cc4ccccc4c3)cc21. The number of hydrogen-bond acceptors (Lipinski definition) is 2. The fourth-order valence-electron chi connectivity index (χ4n) is 3.23. The molecule has 0 atom stereocenters. The molecule has 0 spiro atoms. The normalized spacial score (nSPS) is 11.3. The van der Waals surface area contributed by atoms with Crippen LogP contribution in [0.3, 0.4) is 0 Å². The summed E-state index contributed by atoms with van der Waals surface area (Å²) in [5.41, 5.74) is -0.242. The number of fused-ring (bicyclic) bond motifs is 2. The Bertz CT molecular complexity index is 1200. The van der Waals surface area contributed by atoms with Gasteiger partial charge in [0.1, 0.15) is 11.4 Å². The van der Waals surface area contributed by atoms with Crippen LogP contribution in [0.2, 0.25) is 0 Å². The van der Waals surface area contributed by atoms with Gasteiger partial charge in [-0.15, -0.1) is 0 Å². The zero-order chi connectivity index (χ0) is 18.4. The molecule has 0 fully saturated rings. The van der Waals surface area contributed by atoms with Crippen molar-refractivity contribution < 1.29 is 14.3 Å². The average Bonchev–Trinajstić information content (AvgIpc) is 3.05. The van der Waals surface area contributed by atoms with E-state index in [2.05, 4.69) is 0 Å². The largest absolute Gasteiger partial charge is 0.477 e. The van der Waals surface area contributed by atoms with Gasteiger partial charge in [-0.2, -0.15) is 0 Å². The van der Waals surface area contributed by atoms with Gasteiger partial charge in [-0.3, -0.25) is 4.79 Å². The third-order valence-electron chi connectivity index (χ3n) is 4.55. The Morgan fingerprint density at radius 1 is 1.12 bits per heavy atom. The van der Waals surface area contributed by atoms with Crippen LogP contribution >= 0.6 is 0 Å². The van der Waals surface area contributed by atoms with Gasteiger partial charge in [0, 0.05) is 30.5 Å². The minimum absolute atomic E-state index is 0.0599. The monoisotopic (exact) mass is 350 g/mol. The highest BCUT2D eigenvalue weighted by Gasteiger charge is 2.17. The van der Waals surface area contributed by atoms with Gasteiger partial charge in [-0.1, -0.05) is 24.3 Å². The van der Waals surface area contributed by atoms with Crippen LogP contribution in [-0.4, -0.2) is 20.2 Å². The number of pyridine rings is 1. The Morgan fingerprint density at radius 2 is 1.77 bits per heavy atom. The first-order valence-corrected chi connectivity index (χ1v) is 8.16. The fraction of sp³-hybridized carbons (Fsp3) is 0.100. The maximum Gasteiger partial charge on any atom is 0.341 e. The van der Waals surface area contributed by atoms with E-state index in [-0.39, 0.29) is 10.9 Å². The Hall–Kier alpha value is -3.41. The Morgan fingerprint density at radius 3 is 2.35 bits per heavy atom. The summed E-state index contributed by atoms with van der Waals surface area (Å²) in [4.78, 5) is 23.7. The van der Waals surface area contributed by atoms with Gasteiger partial charge in [0.2, 0.25) is 5.43 Å². The predicted octanol–water partition coefficient (Wildman–Crippen LogP) is 3.80. The highest BCUT2D eigenvalue weighted by molar-refractivity contribution is 5.93. The summed E-state index contributed by atoms with van der Waals surface area (Å²) >= 11 is 0. The molecule has 2 aromatic heterocycles.